The fraction of sp³-hybridized carbons (Fsp3) is 0.0455. The van der Waals surface area contributed by atoms with E-state index in [1.54, 1.807) is 0 Å². The smallest absolute Gasteiger partial charge is 0.326 e. The molecule has 152 valence electrons. The van der Waals surface area contributed by atoms with Crippen molar-refractivity contribution < 1.29 is 27.9 Å². The number of rotatable bonds is 6. The number of carbonyl (C=O) groups excluding carboxylic acids is 3. The Labute approximate surface area is 170 Å². The number of amides is 3. The van der Waals surface area contributed by atoms with Gasteiger partial charge < -0.3 is 10.1 Å². The van der Waals surface area contributed by atoms with Crippen molar-refractivity contribution in [1.82, 2.24) is 5.32 Å². The lowest BCUT2D eigenvalue weighted by molar-refractivity contribution is -0.121. The largest absolute Gasteiger partial charge is 0.484 e. The number of ketones is 1. The first kappa shape index (κ1) is 20.7. The predicted octanol–water partition coefficient (Wildman–Crippen LogP) is 3.92. The molecule has 8 heteroatoms. The molecule has 6 nitrogen and oxygen atoms in total. The Morgan fingerprint density at radius 3 is 2.03 bits per heavy atom. The van der Waals surface area contributed by atoms with Gasteiger partial charge in [-0.15, -0.1) is 0 Å². The van der Waals surface area contributed by atoms with Crippen LogP contribution in [0.3, 0.4) is 0 Å². The van der Waals surface area contributed by atoms with Crippen molar-refractivity contribution in [1.29, 1.82) is 0 Å². The molecule has 0 saturated heterocycles. The maximum absolute atomic E-state index is 13.5. The lowest BCUT2D eigenvalue weighted by atomic mass is 10.0. The predicted molar refractivity (Wildman–Crippen MR) is 105 cm³/mol. The standard InChI is InChI=1S/C22H16F2N2O4/c23-16-9-5-14(6-10-16)21(28)15-7-11-17(12-8-15)30-13-20(27)26-22(29)25-19-4-2-1-3-18(19)24/h1-12H,13H2,(H2,25,26,27,29). The molecule has 2 N–H and O–H groups in total. The Bertz CT molecular complexity index is 1070. The molecular weight excluding hydrogens is 394 g/mol. The maximum Gasteiger partial charge on any atom is 0.326 e. The quantitative estimate of drug-likeness (QED) is 0.604. The first-order chi connectivity index (χ1) is 14.4. The van der Waals surface area contributed by atoms with Gasteiger partial charge in [-0.3, -0.25) is 14.9 Å². The summed E-state index contributed by atoms with van der Waals surface area (Å²) in [5.41, 5.74) is 0.637. The highest BCUT2D eigenvalue weighted by Gasteiger charge is 2.12. The van der Waals surface area contributed by atoms with Crippen molar-refractivity contribution in [2.24, 2.45) is 0 Å². The minimum absolute atomic E-state index is 0.0647. The highest BCUT2D eigenvalue weighted by molar-refractivity contribution is 6.09. The fourth-order valence-electron chi connectivity index (χ4n) is 2.50. The summed E-state index contributed by atoms with van der Waals surface area (Å²) in [5.74, 6) is -1.79. The molecule has 0 atom stereocenters. The van der Waals surface area contributed by atoms with Crippen LogP contribution in [0.15, 0.2) is 72.8 Å². The van der Waals surface area contributed by atoms with Crippen LogP contribution in [0.1, 0.15) is 15.9 Å². The topological polar surface area (TPSA) is 84.5 Å². The molecule has 0 fully saturated rings. The normalized spacial score (nSPS) is 10.2. The summed E-state index contributed by atoms with van der Waals surface area (Å²) in [6, 6.07) is 15.8. The van der Waals surface area contributed by atoms with Crippen LogP contribution < -0.4 is 15.4 Å². The maximum atomic E-state index is 13.5. The van der Waals surface area contributed by atoms with E-state index in [-0.39, 0.29) is 11.5 Å². The van der Waals surface area contributed by atoms with Gasteiger partial charge in [0.15, 0.2) is 12.4 Å². The van der Waals surface area contributed by atoms with Crippen LogP contribution in [0.2, 0.25) is 0 Å². The summed E-state index contributed by atoms with van der Waals surface area (Å²) in [4.78, 5) is 35.9. The van der Waals surface area contributed by atoms with Crippen LogP contribution >= 0.6 is 0 Å². The lowest BCUT2D eigenvalue weighted by Gasteiger charge is -2.09. The number of benzene rings is 3. The van der Waals surface area contributed by atoms with Gasteiger partial charge in [-0.2, -0.15) is 0 Å². The second kappa shape index (κ2) is 9.42. The van der Waals surface area contributed by atoms with Gasteiger partial charge in [0.05, 0.1) is 5.69 Å². The van der Waals surface area contributed by atoms with Crippen molar-refractivity contribution in [3.05, 3.63) is 95.6 Å². The first-order valence-electron chi connectivity index (χ1n) is 8.81. The number of urea groups is 1. The van der Waals surface area contributed by atoms with E-state index in [4.69, 9.17) is 4.74 Å². The van der Waals surface area contributed by atoms with Gasteiger partial charge in [0, 0.05) is 11.1 Å². The number of hydrogen-bond acceptors (Lipinski definition) is 4. The van der Waals surface area contributed by atoms with Gasteiger partial charge in [0.1, 0.15) is 17.4 Å². The van der Waals surface area contributed by atoms with Crippen LogP contribution in [0.25, 0.3) is 0 Å². The van der Waals surface area contributed by atoms with E-state index in [0.717, 1.165) is 0 Å². The molecule has 3 aromatic rings. The zero-order valence-corrected chi connectivity index (χ0v) is 15.5. The summed E-state index contributed by atoms with van der Waals surface area (Å²) in [6.07, 6.45) is 0. The molecule has 3 aromatic carbocycles. The van der Waals surface area contributed by atoms with Crippen LogP contribution in [-0.4, -0.2) is 24.3 Å². The van der Waals surface area contributed by atoms with Gasteiger partial charge in [0.2, 0.25) is 0 Å². The monoisotopic (exact) mass is 410 g/mol. The van der Waals surface area contributed by atoms with E-state index >= 15 is 0 Å². The lowest BCUT2D eigenvalue weighted by Crippen LogP contribution is -2.37. The molecule has 0 aliphatic carbocycles. The number of para-hydroxylation sites is 1. The van der Waals surface area contributed by atoms with Gasteiger partial charge in [-0.05, 0) is 60.7 Å². The van der Waals surface area contributed by atoms with Crippen molar-refractivity contribution >= 4 is 23.4 Å². The van der Waals surface area contributed by atoms with Crippen molar-refractivity contribution in [2.45, 2.75) is 0 Å². The van der Waals surface area contributed by atoms with Crippen molar-refractivity contribution in [2.75, 3.05) is 11.9 Å². The van der Waals surface area contributed by atoms with E-state index in [1.807, 2.05) is 5.32 Å². The summed E-state index contributed by atoms with van der Waals surface area (Å²) in [6.45, 7) is -0.462. The number of nitrogens with one attached hydrogen (secondary N) is 2. The molecule has 3 amide bonds. The van der Waals surface area contributed by atoms with E-state index < -0.39 is 30.2 Å². The zero-order valence-electron chi connectivity index (χ0n) is 15.5. The molecular formula is C22H16F2N2O4. The highest BCUT2D eigenvalue weighted by Crippen LogP contribution is 2.16. The second-order valence-electron chi connectivity index (χ2n) is 6.13. The third-order valence-corrected chi connectivity index (χ3v) is 3.97. The van der Waals surface area contributed by atoms with Crippen LogP contribution in [0.4, 0.5) is 19.3 Å². The molecule has 0 saturated carbocycles. The number of halogens is 2. The van der Waals surface area contributed by atoms with Crippen LogP contribution in [0.5, 0.6) is 5.75 Å². The van der Waals surface area contributed by atoms with Gasteiger partial charge in [-0.1, -0.05) is 12.1 Å². The number of imide groups is 1. The van der Waals surface area contributed by atoms with E-state index in [2.05, 4.69) is 5.32 Å². The second-order valence-corrected chi connectivity index (χ2v) is 6.13. The summed E-state index contributed by atoms with van der Waals surface area (Å²) in [5, 5.41) is 4.23. The molecule has 30 heavy (non-hydrogen) atoms. The number of hydrogen-bond donors (Lipinski definition) is 2. The number of carbonyl (C=O) groups is 3. The van der Waals surface area contributed by atoms with E-state index in [1.165, 1.54) is 72.8 Å². The van der Waals surface area contributed by atoms with E-state index in [0.29, 0.717) is 16.9 Å². The molecule has 0 aliphatic heterocycles. The summed E-state index contributed by atoms with van der Waals surface area (Å²) in [7, 11) is 0. The molecule has 0 aliphatic rings. The SMILES string of the molecule is O=C(COc1ccc(C(=O)c2ccc(F)cc2)cc1)NC(=O)Nc1ccccc1F. The third-order valence-electron chi connectivity index (χ3n) is 3.97. The number of anilines is 1. The third kappa shape index (κ3) is 5.48. The van der Waals surface area contributed by atoms with Gasteiger partial charge in [-0.25, -0.2) is 13.6 Å². The van der Waals surface area contributed by atoms with E-state index in [9.17, 15) is 23.2 Å². The Hall–Kier alpha value is -4.07. The molecule has 0 aromatic heterocycles. The Balaban J connectivity index is 1.50. The minimum Gasteiger partial charge on any atom is -0.484 e. The van der Waals surface area contributed by atoms with Crippen LogP contribution in [-0.2, 0) is 4.79 Å². The van der Waals surface area contributed by atoms with Gasteiger partial charge >= 0.3 is 6.03 Å². The average Bonchev–Trinajstić information content (AvgIpc) is 2.74. The molecule has 0 unspecified atom stereocenters. The average molecular weight is 410 g/mol. The molecule has 0 spiro atoms. The Kier molecular flexibility index (Phi) is 6.49. The summed E-state index contributed by atoms with van der Waals surface area (Å²) >= 11 is 0. The summed E-state index contributed by atoms with van der Waals surface area (Å²) < 4.78 is 31.7. The Morgan fingerprint density at radius 2 is 1.40 bits per heavy atom. The van der Waals surface area contributed by atoms with Gasteiger partial charge in [0.25, 0.3) is 5.91 Å². The first-order valence-corrected chi connectivity index (χ1v) is 8.81. The van der Waals surface area contributed by atoms with Crippen LogP contribution in [0, 0.1) is 11.6 Å². The van der Waals surface area contributed by atoms with Crippen molar-refractivity contribution in [3.63, 3.8) is 0 Å². The van der Waals surface area contributed by atoms with Crippen molar-refractivity contribution in [3.8, 4) is 5.75 Å². The minimum atomic E-state index is -0.894. The molecule has 0 bridgehead atoms. The Morgan fingerprint density at radius 1 is 0.800 bits per heavy atom. The highest BCUT2D eigenvalue weighted by atomic mass is 19.1. The zero-order chi connectivity index (χ0) is 21.5. The fourth-order valence-corrected chi connectivity index (χ4v) is 2.50. The number of ether oxygens (including phenoxy) is 1. The molecule has 3 rings (SSSR count). The molecule has 0 radical (unpaired) electrons. The molecule has 0 heterocycles.